The lowest BCUT2D eigenvalue weighted by molar-refractivity contribution is -0.369. The topological polar surface area (TPSA) is 269 Å². The molecule has 11 aliphatic rings. The zero-order valence-corrected chi connectivity index (χ0v) is 47.3. The minimum atomic E-state index is -4.95. The second-order valence-corrected chi connectivity index (χ2v) is 27.7. The minimum Gasteiger partial charge on any atom is -0.387 e. The summed E-state index contributed by atoms with van der Waals surface area (Å²) in [5.41, 5.74) is -3.71. The molecule has 78 heavy (non-hydrogen) atoms. The Balaban J connectivity index is 0.749. The van der Waals surface area contributed by atoms with Crippen molar-refractivity contribution in [3.05, 3.63) is 49.1 Å². The Labute approximate surface area is 458 Å². The molecule has 26 atom stereocenters. The van der Waals surface area contributed by atoms with Crippen molar-refractivity contribution in [2.45, 2.75) is 282 Å². The Morgan fingerprint density at radius 1 is 0.692 bits per heavy atom. The first kappa shape index (κ1) is 58.0. The first-order chi connectivity index (χ1) is 36.5. The Bertz CT molecular complexity index is 2540. The lowest BCUT2D eigenvalue weighted by atomic mass is 9.73. The van der Waals surface area contributed by atoms with Gasteiger partial charge in [0.2, 0.25) is 0 Å². The van der Waals surface area contributed by atoms with Gasteiger partial charge in [-0.25, -0.2) is 8.37 Å². The molecular formula is C55H82O21S2. The Morgan fingerprint density at radius 2 is 1.26 bits per heavy atom. The maximum absolute atomic E-state index is 12.3. The molecule has 0 unspecified atom stereocenters. The predicted molar refractivity (Wildman–Crippen MR) is 276 cm³/mol. The number of hydrogen-bond acceptors (Lipinski definition) is 19. The zero-order chi connectivity index (χ0) is 55.7. The van der Waals surface area contributed by atoms with Crippen molar-refractivity contribution in [3.8, 4) is 0 Å². The summed E-state index contributed by atoms with van der Waals surface area (Å²) in [5.74, 6) is 0.0665. The largest absolute Gasteiger partial charge is 0.397 e. The van der Waals surface area contributed by atoms with Crippen LogP contribution in [0.1, 0.15) is 131 Å². The molecule has 11 fully saturated rings. The van der Waals surface area contributed by atoms with E-state index in [1.807, 2.05) is 6.92 Å². The van der Waals surface area contributed by atoms with Gasteiger partial charge in [0.1, 0.15) is 35.6 Å². The summed E-state index contributed by atoms with van der Waals surface area (Å²) < 4.78 is 151. The molecule has 0 spiro atoms. The van der Waals surface area contributed by atoms with Crippen LogP contribution in [0.25, 0.3) is 0 Å². The molecule has 0 aromatic heterocycles. The quantitative estimate of drug-likeness (QED) is 0.120. The van der Waals surface area contributed by atoms with Crippen LogP contribution in [0.15, 0.2) is 49.1 Å². The highest BCUT2D eigenvalue weighted by molar-refractivity contribution is 7.81. The molecule has 23 heteroatoms. The van der Waals surface area contributed by atoms with Crippen molar-refractivity contribution < 1.29 is 96.6 Å². The molecule has 21 nitrogen and oxygen atoms in total. The number of hydrogen-bond donors (Lipinski definition) is 4. The summed E-state index contributed by atoms with van der Waals surface area (Å²) >= 11 is 0. The van der Waals surface area contributed by atoms with E-state index in [2.05, 4.69) is 44.7 Å². The third-order valence-electron chi connectivity index (χ3n) is 19.6. The van der Waals surface area contributed by atoms with E-state index in [0.717, 1.165) is 18.4 Å². The smallest absolute Gasteiger partial charge is 0.387 e. The molecule has 11 aliphatic heterocycles. The molecule has 440 valence electrons. The first-order valence-electron chi connectivity index (χ1n) is 28.2. The molecule has 0 saturated carbocycles. The fourth-order valence-corrected chi connectivity index (χ4v) is 16.2. The molecule has 0 bridgehead atoms. The predicted octanol–water partition coefficient (Wildman–Crippen LogP) is 5.06. The van der Waals surface area contributed by atoms with Gasteiger partial charge in [0, 0.05) is 51.4 Å². The Morgan fingerprint density at radius 3 is 1.91 bits per heavy atom. The maximum atomic E-state index is 12.3. The lowest BCUT2D eigenvalue weighted by Gasteiger charge is -2.61. The maximum Gasteiger partial charge on any atom is 0.397 e. The average Bonchev–Trinajstić information content (AvgIpc) is 3.48. The zero-order valence-electron chi connectivity index (χ0n) is 45.6. The van der Waals surface area contributed by atoms with E-state index in [-0.39, 0.29) is 67.6 Å². The lowest BCUT2D eigenvalue weighted by Crippen LogP contribution is -2.74. The van der Waals surface area contributed by atoms with E-state index in [1.165, 1.54) is 6.92 Å². The molecule has 11 saturated heterocycles. The summed E-state index contributed by atoms with van der Waals surface area (Å²) in [6, 6.07) is 0. The van der Waals surface area contributed by atoms with Gasteiger partial charge in [0.15, 0.2) is 0 Å². The van der Waals surface area contributed by atoms with Crippen LogP contribution in [-0.4, -0.2) is 193 Å². The molecule has 0 aromatic rings. The van der Waals surface area contributed by atoms with E-state index in [9.17, 15) is 31.6 Å². The van der Waals surface area contributed by atoms with Gasteiger partial charge in [-0.2, -0.15) is 16.8 Å². The monoisotopic (exact) mass is 1140 g/mol. The van der Waals surface area contributed by atoms with Gasteiger partial charge < -0.3 is 62.3 Å². The number of fused-ring (bicyclic) bond motifs is 10. The van der Waals surface area contributed by atoms with E-state index in [1.54, 1.807) is 25.2 Å². The van der Waals surface area contributed by atoms with Crippen molar-refractivity contribution in [2.75, 3.05) is 6.61 Å². The molecule has 0 radical (unpaired) electrons. The summed E-state index contributed by atoms with van der Waals surface area (Å²) in [5, 5.41) is 24.0. The van der Waals surface area contributed by atoms with Crippen molar-refractivity contribution in [2.24, 2.45) is 5.92 Å². The SMILES string of the molecule is C=CCC(=C)/C=C/[C@@](C)(O)[C@@H]1O[C@@H]2C[C@@H]3O[C@@H]4C[C@@H]5O[C@@H]6C[C@@H]7O[C@@H]8C[C@@H]9O[C@@H]%10C[C@@H]%11O[C@](C)(CCOS(=O)(=O)O)[C@@H](OS(=O)(=O)O)C[C@H]%11O[C@H]%10C[C@H]9O[C@H]8CC[C@@]7(C)O[C@@]6(C)CC[C@H](C)[C@H]5O[C@H]4[C@@H](O)[C@@]3(C)O[C@H]2CC1=C. The van der Waals surface area contributed by atoms with Gasteiger partial charge in [0.25, 0.3) is 0 Å². The van der Waals surface area contributed by atoms with Crippen molar-refractivity contribution in [1.29, 1.82) is 0 Å². The number of aliphatic hydroxyl groups excluding tert-OH is 1. The van der Waals surface area contributed by atoms with E-state index >= 15 is 0 Å². The van der Waals surface area contributed by atoms with Gasteiger partial charge in [-0.15, -0.1) is 6.58 Å². The molecule has 0 amide bonds. The summed E-state index contributed by atoms with van der Waals surface area (Å²) in [6.07, 6.45) is 1.75. The van der Waals surface area contributed by atoms with E-state index < -0.39 is 129 Å². The van der Waals surface area contributed by atoms with Crippen LogP contribution < -0.4 is 0 Å². The fraction of sp³-hybridized carbons (Fsp3) is 0.855. The highest BCUT2D eigenvalue weighted by atomic mass is 32.3. The van der Waals surface area contributed by atoms with Crippen LogP contribution in [-0.2, 0) is 81.3 Å². The number of allylic oxidation sites excluding steroid dienone is 3. The van der Waals surface area contributed by atoms with Crippen LogP contribution in [0.3, 0.4) is 0 Å². The third kappa shape index (κ3) is 11.2. The number of aliphatic hydroxyl groups is 2. The molecule has 11 heterocycles. The average molecular weight is 1140 g/mol. The summed E-state index contributed by atoms with van der Waals surface area (Å²) in [6.45, 7) is 23.2. The third-order valence-corrected chi connectivity index (χ3v) is 20.6. The van der Waals surface area contributed by atoms with Crippen LogP contribution in [0.5, 0.6) is 0 Å². The molecule has 0 aromatic carbocycles. The van der Waals surface area contributed by atoms with Crippen molar-refractivity contribution in [3.63, 3.8) is 0 Å². The Kier molecular flexibility index (Phi) is 15.6. The number of rotatable bonds is 11. The van der Waals surface area contributed by atoms with Gasteiger partial charge >= 0.3 is 20.8 Å². The minimum absolute atomic E-state index is 0.00240. The van der Waals surface area contributed by atoms with Gasteiger partial charge in [-0.3, -0.25) is 9.11 Å². The van der Waals surface area contributed by atoms with Gasteiger partial charge in [0.05, 0.1) is 121 Å². The standard InChI is InChI=1S/C55H82O21S2/c1-10-11-28(2)12-15-51(5,57)50-30(4)20-39-38(71-50)26-46-55(9,74-39)49(56)48-42(70-46)24-41-47(72-48)29(3)13-16-53(7)44(69-41)27-43-54(8,76-53)17-14-31-32(68-43)21-34-33(65-31)22-35-36(66-34)23-40-37(67-35)25-45(75-78(61,62)63)52(6,73-40)18-19-64-77(58,59)60/h10,12,15,29,31-50,56-57H,1-2,4,11,13-14,16-27H2,3,5-9H3,(H,58,59,60)(H,61,62,63)/b15-12+/t29-,31-,32+,33+,34-,35-,36+,37+,38+,39-,40-,41-,42+,43-,44+,45-,46-,47+,48+,49+,50+,51+,52+,53-,54+,55-/m0/s1. The molecular weight excluding hydrogens is 1060 g/mol. The molecule has 4 N–H and O–H groups in total. The van der Waals surface area contributed by atoms with Gasteiger partial charge in [-0.1, -0.05) is 43.9 Å². The highest BCUT2D eigenvalue weighted by Crippen LogP contribution is 2.54. The van der Waals surface area contributed by atoms with Crippen LogP contribution in [0, 0.1) is 5.92 Å². The normalized spacial score (nSPS) is 51.0. The molecule has 0 aliphatic carbocycles. The summed E-state index contributed by atoms with van der Waals surface area (Å²) in [4.78, 5) is 0. The highest BCUT2D eigenvalue weighted by Gasteiger charge is 2.65. The Hall–Kier alpha value is -1.82. The second kappa shape index (κ2) is 21.1. The van der Waals surface area contributed by atoms with Crippen molar-refractivity contribution >= 4 is 20.8 Å². The second-order valence-electron chi connectivity index (χ2n) is 25.5. The first-order valence-corrected chi connectivity index (χ1v) is 30.9. The van der Waals surface area contributed by atoms with E-state index in [4.69, 9.17) is 60.8 Å². The van der Waals surface area contributed by atoms with Gasteiger partial charge in [-0.05, 0) is 84.6 Å². The van der Waals surface area contributed by atoms with Crippen LogP contribution in [0.2, 0.25) is 0 Å². The van der Waals surface area contributed by atoms with E-state index in [0.29, 0.717) is 69.8 Å². The van der Waals surface area contributed by atoms with Crippen LogP contribution in [0.4, 0.5) is 0 Å². The molecule has 11 rings (SSSR count). The number of ether oxygens (including phenoxy) is 11. The van der Waals surface area contributed by atoms with Crippen molar-refractivity contribution in [1.82, 2.24) is 0 Å². The fourth-order valence-electron chi connectivity index (χ4n) is 15.3. The summed E-state index contributed by atoms with van der Waals surface area (Å²) in [7, 11) is -9.74. The van der Waals surface area contributed by atoms with Crippen LogP contribution >= 0.6 is 0 Å².